The minimum absolute atomic E-state index is 0.167. The van der Waals surface area contributed by atoms with Crippen molar-refractivity contribution in [2.45, 2.75) is 4.90 Å². The number of anilines is 1. The van der Waals surface area contributed by atoms with E-state index in [1.54, 1.807) is 12.1 Å². The van der Waals surface area contributed by atoms with E-state index in [0.29, 0.717) is 10.7 Å². The van der Waals surface area contributed by atoms with E-state index in [0.717, 1.165) is 4.90 Å². The predicted molar refractivity (Wildman–Crippen MR) is 107 cm³/mol. The largest absolute Gasteiger partial charge is 0.454 e. The number of hydrogen-bond acceptors (Lipinski definition) is 5. The van der Waals surface area contributed by atoms with Crippen LogP contribution in [0.4, 0.5) is 5.69 Å². The molecule has 0 bridgehead atoms. The molecule has 0 atom stereocenters. The molecule has 6 nitrogen and oxygen atoms in total. The summed E-state index contributed by atoms with van der Waals surface area (Å²) in [6.45, 7) is -0.856. The van der Waals surface area contributed by atoms with Gasteiger partial charge in [0.2, 0.25) is 0 Å². The number of carbonyl (C=O) groups excluding carboxylic acids is 3. The van der Waals surface area contributed by atoms with Crippen LogP contribution in [0.25, 0.3) is 0 Å². The van der Waals surface area contributed by atoms with Gasteiger partial charge in [-0.05, 0) is 36.6 Å². The summed E-state index contributed by atoms with van der Waals surface area (Å²) in [6, 6.07) is 11.6. The fourth-order valence-electron chi connectivity index (χ4n) is 2.05. The van der Waals surface area contributed by atoms with Crippen LogP contribution >= 0.6 is 35.0 Å². The molecule has 9 heteroatoms. The molecule has 0 unspecified atom stereocenters. The van der Waals surface area contributed by atoms with Crippen LogP contribution in [-0.4, -0.2) is 37.2 Å². The fourth-order valence-corrected chi connectivity index (χ4v) is 3.10. The first kappa shape index (κ1) is 21.1. The van der Waals surface area contributed by atoms with Crippen LogP contribution in [0.15, 0.2) is 47.4 Å². The van der Waals surface area contributed by atoms with E-state index in [-0.39, 0.29) is 10.6 Å². The van der Waals surface area contributed by atoms with E-state index < -0.39 is 30.9 Å². The molecule has 27 heavy (non-hydrogen) atoms. The van der Waals surface area contributed by atoms with Crippen molar-refractivity contribution in [3.8, 4) is 0 Å². The molecule has 142 valence electrons. The van der Waals surface area contributed by atoms with Crippen LogP contribution in [0, 0.1) is 0 Å². The molecule has 2 N–H and O–H groups in total. The van der Waals surface area contributed by atoms with E-state index >= 15 is 0 Å². The first-order valence-electron chi connectivity index (χ1n) is 7.72. The maximum absolute atomic E-state index is 12.0. The number of hydrogen-bond donors (Lipinski definition) is 2. The van der Waals surface area contributed by atoms with Crippen LogP contribution in [0.1, 0.15) is 10.4 Å². The lowest BCUT2D eigenvalue weighted by atomic mass is 10.2. The monoisotopic (exact) mass is 426 g/mol. The van der Waals surface area contributed by atoms with Gasteiger partial charge in [0.25, 0.3) is 11.8 Å². The molecular weight excluding hydrogens is 411 g/mol. The van der Waals surface area contributed by atoms with E-state index in [1.165, 1.54) is 30.0 Å². The van der Waals surface area contributed by atoms with Crippen molar-refractivity contribution in [3.05, 3.63) is 58.1 Å². The van der Waals surface area contributed by atoms with Crippen molar-refractivity contribution in [2.24, 2.45) is 0 Å². The summed E-state index contributed by atoms with van der Waals surface area (Å²) < 4.78 is 4.86. The van der Waals surface area contributed by atoms with Crippen molar-refractivity contribution < 1.29 is 19.1 Å². The lowest BCUT2D eigenvalue weighted by Crippen LogP contribution is -2.32. The zero-order chi connectivity index (χ0) is 19.8. The summed E-state index contributed by atoms with van der Waals surface area (Å²) in [7, 11) is 0. The summed E-state index contributed by atoms with van der Waals surface area (Å²) in [6.07, 6.45) is 1.89. The molecule has 0 aliphatic heterocycles. The van der Waals surface area contributed by atoms with Crippen molar-refractivity contribution in [1.82, 2.24) is 5.32 Å². The minimum atomic E-state index is -0.748. The highest BCUT2D eigenvalue weighted by Crippen LogP contribution is 2.24. The predicted octanol–water partition coefficient (Wildman–Crippen LogP) is 3.63. The second-order valence-electron chi connectivity index (χ2n) is 5.22. The normalized spacial score (nSPS) is 10.2. The van der Waals surface area contributed by atoms with Gasteiger partial charge in [-0.15, -0.1) is 11.8 Å². The third-order valence-electron chi connectivity index (χ3n) is 3.31. The van der Waals surface area contributed by atoms with Crippen LogP contribution < -0.4 is 10.6 Å². The summed E-state index contributed by atoms with van der Waals surface area (Å²) in [5, 5.41) is 5.60. The van der Waals surface area contributed by atoms with Gasteiger partial charge in [-0.3, -0.25) is 14.4 Å². The maximum Gasteiger partial charge on any atom is 0.325 e. The molecule has 0 aromatic heterocycles. The number of benzene rings is 2. The van der Waals surface area contributed by atoms with Crippen LogP contribution in [0.2, 0.25) is 10.0 Å². The first-order chi connectivity index (χ1) is 12.9. The number of ether oxygens (including phenoxy) is 1. The standard InChI is InChI=1S/C18H16Cl2N2O4S/c1-27-15-5-3-2-4-14(15)22-16(23)10-26-17(24)9-21-18(25)12-7-6-11(19)8-13(12)20/h2-8H,9-10H2,1H3,(H,21,25)(H,22,23). The molecule has 0 aliphatic carbocycles. The number of amides is 2. The maximum atomic E-state index is 12.0. The molecule has 0 spiro atoms. The van der Waals surface area contributed by atoms with Crippen molar-refractivity contribution in [2.75, 3.05) is 24.7 Å². The van der Waals surface area contributed by atoms with Crippen molar-refractivity contribution in [1.29, 1.82) is 0 Å². The Morgan fingerprint density at radius 3 is 2.56 bits per heavy atom. The number of para-hydroxylation sites is 1. The number of carbonyl (C=O) groups is 3. The lowest BCUT2D eigenvalue weighted by Gasteiger charge is -2.10. The van der Waals surface area contributed by atoms with E-state index in [1.807, 2.05) is 18.4 Å². The third kappa shape index (κ3) is 6.46. The van der Waals surface area contributed by atoms with Gasteiger partial charge in [-0.1, -0.05) is 35.3 Å². The van der Waals surface area contributed by atoms with Gasteiger partial charge in [0.1, 0.15) is 6.54 Å². The van der Waals surface area contributed by atoms with Crippen molar-refractivity contribution >= 4 is 58.4 Å². The highest BCUT2D eigenvalue weighted by Gasteiger charge is 2.14. The summed E-state index contributed by atoms with van der Waals surface area (Å²) in [5.41, 5.74) is 0.817. The molecule has 2 amide bonds. The quantitative estimate of drug-likeness (QED) is 0.521. The molecule has 0 saturated heterocycles. The Kier molecular flexibility index (Phi) is 7.97. The molecular formula is C18H16Cl2N2O4S. The highest BCUT2D eigenvalue weighted by atomic mass is 35.5. The molecule has 2 rings (SSSR count). The first-order valence-corrected chi connectivity index (χ1v) is 9.70. The van der Waals surface area contributed by atoms with E-state index in [4.69, 9.17) is 27.9 Å². The Hall–Kier alpha value is -2.22. The molecule has 0 saturated carbocycles. The zero-order valence-corrected chi connectivity index (χ0v) is 16.6. The van der Waals surface area contributed by atoms with Gasteiger partial charge in [-0.25, -0.2) is 0 Å². The smallest absolute Gasteiger partial charge is 0.325 e. The van der Waals surface area contributed by atoms with Crippen molar-refractivity contribution in [3.63, 3.8) is 0 Å². The number of halogens is 2. The summed E-state index contributed by atoms with van der Waals surface area (Å²) >= 11 is 13.2. The molecule has 0 fully saturated rings. The zero-order valence-electron chi connectivity index (χ0n) is 14.3. The lowest BCUT2D eigenvalue weighted by molar-refractivity contribution is -0.146. The Labute approximate surface area is 170 Å². The van der Waals surface area contributed by atoms with Gasteiger partial charge >= 0.3 is 5.97 Å². The van der Waals surface area contributed by atoms with E-state index in [2.05, 4.69) is 10.6 Å². The number of rotatable bonds is 7. The molecule has 0 heterocycles. The second kappa shape index (κ2) is 10.2. The van der Waals surface area contributed by atoms with Gasteiger partial charge in [0, 0.05) is 9.92 Å². The minimum Gasteiger partial charge on any atom is -0.454 e. The van der Waals surface area contributed by atoms with Crippen LogP contribution in [0.5, 0.6) is 0 Å². The van der Waals surface area contributed by atoms with Gasteiger partial charge in [0.15, 0.2) is 6.61 Å². The van der Waals surface area contributed by atoms with E-state index in [9.17, 15) is 14.4 Å². The fraction of sp³-hybridized carbons (Fsp3) is 0.167. The van der Waals surface area contributed by atoms with Gasteiger partial charge < -0.3 is 15.4 Å². The second-order valence-corrected chi connectivity index (χ2v) is 6.91. The summed E-state index contributed by atoms with van der Waals surface area (Å²) in [5.74, 6) is -1.77. The number of nitrogens with one attached hydrogen (secondary N) is 2. The number of thioether (sulfide) groups is 1. The SMILES string of the molecule is CSc1ccccc1NC(=O)COC(=O)CNC(=O)c1ccc(Cl)cc1Cl. The Morgan fingerprint density at radius 2 is 1.85 bits per heavy atom. The molecule has 2 aromatic rings. The highest BCUT2D eigenvalue weighted by molar-refractivity contribution is 7.98. The topological polar surface area (TPSA) is 84.5 Å². The Morgan fingerprint density at radius 1 is 1.11 bits per heavy atom. The number of esters is 1. The molecule has 2 aromatic carbocycles. The van der Waals surface area contributed by atoms with Gasteiger partial charge in [-0.2, -0.15) is 0 Å². The van der Waals surface area contributed by atoms with Crippen LogP contribution in [-0.2, 0) is 14.3 Å². The average molecular weight is 427 g/mol. The molecule has 0 radical (unpaired) electrons. The Bertz CT molecular complexity index is 861. The summed E-state index contributed by atoms with van der Waals surface area (Å²) in [4.78, 5) is 36.5. The molecule has 0 aliphatic rings. The third-order valence-corrected chi connectivity index (χ3v) is 4.66. The average Bonchev–Trinajstić information content (AvgIpc) is 2.65. The Balaban J connectivity index is 1.78. The van der Waals surface area contributed by atoms with Crippen LogP contribution in [0.3, 0.4) is 0 Å². The van der Waals surface area contributed by atoms with Gasteiger partial charge in [0.05, 0.1) is 16.3 Å².